The normalized spacial score (nSPS) is 9.87. The van der Waals surface area contributed by atoms with Crippen molar-refractivity contribution in [3.8, 4) is 23.7 Å². The van der Waals surface area contributed by atoms with Gasteiger partial charge in [-0.3, -0.25) is 0 Å². The van der Waals surface area contributed by atoms with Gasteiger partial charge < -0.3 is 0 Å². The highest BCUT2D eigenvalue weighted by Gasteiger charge is 2.17. The molecule has 0 aromatic carbocycles. The van der Waals surface area contributed by atoms with E-state index in [4.69, 9.17) is 0 Å². The van der Waals surface area contributed by atoms with Crippen LogP contribution >= 0.6 is 0 Å². The molecule has 0 aliphatic rings. The molecule has 84 valence electrons. The Morgan fingerprint density at radius 2 is 1.13 bits per heavy atom. The quantitative estimate of drug-likeness (QED) is 0.489. The molecule has 0 fully saturated rings. The molecule has 0 rings (SSSR count). The Morgan fingerprint density at radius 1 is 0.733 bits per heavy atom. The van der Waals surface area contributed by atoms with E-state index in [1.807, 2.05) is 0 Å². The second-order valence-electron chi connectivity index (χ2n) is 4.72. The minimum Gasteiger partial charge on any atom is -0.106 e. The highest BCUT2D eigenvalue weighted by atomic mass is 28.3. The van der Waals surface area contributed by atoms with E-state index in [0.29, 0.717) is 0 Å². The minimum absolute atomic E-state index is 1.05. The summed E-state index contributed by atoms with van der Waals surface area (Å²) in [5.41, 5.74) is 0. The summed E-state index contributed by atoms with van der Waals surface area (Å²) in [6.45, 7) is 9.11. The summed E-state index contributed by atoms with van der Waals surface area (Å²) in [4.78, 5) is 0. The minimum atomic E-state index is -1.15. The number of hydrogen-bond acceptors (Lipinski definition) is 0. The van der Waals surface area contributed by atoms with Gasteiger partial charge in [-0.15, -0.1) is 23.7 Å². The SMILES string of the molecule is CCCC#CC[Si](C)(C)CC#CCCC. The molecular formula is C14H24Si. The van der Waals surface area contributed by atoms with Crippen LogP contribution in [0.5, 0.6) is 0 Å². The lowest BCUT2D eigenvalue weighted by Crippen LogP contribution is -2.23. The van der Waals surface area contributed by atoms with Gasteiger partial charge in [0.05, 0.1) is 8.07 Å². The largest absolute Gasteiger partial charge is 0.106 e. The second-order valence-corrected chi connectivity index (χ2v) is 9.76. The van der Waals surface area contributed by atoms with E-state index in [1.54, 1.807) is 0 Å². The zero-order valence-electron chi connectivity index (χ0n) is 10.7. The topological polar surface area (TPSA) is 0 Å². The first kappa shape index (κ1) is 14.3. The predicted molar refractivity (Wildman–Crippen MR) is 72.5 cm³/mol. The van der Waals surface area contributed by atoms with Gasteiger partial charge in [0.2, 0.25) is 0 Å². The third kappa shape index (κ3) is 9.64. The molecule has 0 radical (unpaired) electrons. The van der Waals surface area contributed by atoms with Crippen molar-refractivity contribution in [2.75, 3.05) is 0 Å². The van der Waals surface area contributed by atoms with Crippen molar-refractivity contribution in [3.63, 3.8) is 0 Å². The predicted octanol–water partition coefficient (Wildman–Crippen LogP) is 4.30. The molecule has 0 aromatic rings. The van der Waals surface area contributed by atoms with Crippen LogP contribution in [0, 0.1) is 23.7 Å². The van der Waals surface area contributed by atoms with Crippen molar-refractivity contribution in [2.24, 2.45) is 0 Å². The monoisotopic (exact) mass is 220 g/mol. The van der Waals surface area contributed by atoms with Crippen LogP contribution in [-0.2, 0) is 0 Å². The summed E-state index contributed by atoms with van der Waals surface area (Å²) in [7, 11) is -1.15. The molecule has 0 atom stereocenters. The Kier molecular flexibility index (Phi) is 8.25. The lowest BCUT2D eigenvalue weighted by molar-refractivity contribution is 0.982. The van der Waals surface area contributed by atoms with Crippen LogP contribution in [0.3, 0.4) is 0 Å². The molecule has 0 nitrogen and oxygen atoms in total. The highest BCUT2D eigenvalue weighted by Crippen LogP contribution is 2.13. The molecule has 0 saturated carbocycles. The lowest BCUT2D eigenvalue weighted by atomic mass is 10.3. The molecular weight excluding hydrogens is 196 g/mol. The zero-order chi connectivity index (χ0) is 11.6. The van der Waals surface area contributed by atoms with Gasteiger partial charge in [-0.2, -0.15) is 0 Å². The van der Waals surface area contributed by atoms with Gasteiger partial charge in [0, 0.05) is 24.9 Å². The van der Waals surface area contributed by atoms with Crippen LogP contribution in [0.2, 0.25) is 25.2 Å². The number of hydrogen-bond donors (Lipinski definition) is 0. The molecule has 0 aliphatic carbocycles. The van der Waals surface area contributed by atoms with Crippen LogP contribution in [-0.4, -0.2) is 8.07 Å². The third-order valence-electron chi connectivity index (χ3n) is 2.13. The zero-order valence-corrected chi connectivity index (χ0v) is 11.7. The van der Waals surface area contributed by atoms with Crippen molar-refractivity contribution in [1.82, 2.24) is 0 Å². The summed E-state index contributed by atoms with van der Waals surface area (Å²) in [5.74, 6) is 13.1. The fourth-order valence-electron chi connectivity index (χ4n) is 1.09. The highest BCUT2D eigenvalue weighted by molar-refractivity contribution is 6.78. The fraction of sp³-hybridized carbons (Fsp3) is 0.714. The first-order valence-corrected chi connectivity index (χ1v) is 9.45. The van der Waals surface area contributed by atoms with Gasteiger partial charge in [-0.1, -0.05) is 26.9 Å². The van der Waals surface area contributed by atoms with Gasteiger partial charge in [0.1, 0.15) is 0 Å². The summed E-state index contributed by atoms with van der Waals surface area (Å²) in [6, 6.07) is 2.21. The van der Waals surface area contributed by atoms with Crippen molar-refractivity contribution in [2.45, 2.75) is 64.7 Å². The number of unbranched alkanes of at least 4 members (excludes halogenated alkanes) is 2. The molecule has 0 saturated heterocycles. The van der Waals surface area contributed by atoms with E-state index in [2.05, 4.69) is 50.6 Å². The Labute approximate surface area is 96.9 Å². The maximum absolute atomic E-state index is 3.31. The number of rotatable bonds is 4. The summed E-state index contributed by atoms with van der Waals surface area (Å²) in [6.07, 6.45) is 4.44. The average molecular weight is 220 g/mol. The van der Waals surface area contributed by atoms with E-state index in [9.17, 15) is 0 Å². The maximum atomic E-state index is 3.31. The van der Waals surface area contributed by atoms with Crippen molar-refractivity contribution in [3.05, 3.63) is 0 Å². The molecule has 0 N–H and O–H groups in total. The summed E-state index contributed by atoms with van der Waals surface area (Å²) in [5, 5.41) is 0. The second kappa shape index (κ2) is 8.63. The molecule has 0 unspecified atom stereocenters. The summed E-state index contributed by atoms with van der Waals surface area (Å²) >= 11 is 0. The molecule has 0 heterocycles. The molecule has 0 aliphatic heterocycles. The first-order chi connectivity index (χ1) is 7.12. The van der Waals surface area contributed by atoms with Crippen LogP contribution in [0.4, 0.5) is 0 Å². The molecule has 0 bridgehead atoms. The summed E-state index contributed by atoms with van der Waals surface area (Å²) < 4.78 is 0. The van der Waals surface area contributed by atoms with Gasteiger partial charge in [-0.05, 0) is 12.8 Å². The van der Waals surface area contributed by atoms with Crippen molar-refractivity contribution in [1.29, 1.82) is 0 Å². The Bertz CT molecular complexity index is 239. The smallest absolute Gasteiger partial charge is 0.0730 e. The molecule has 1 heteroatoms. The molecule has 0 amide bonds. The Balaban J connectivity index is 3.88. The van der Waals surface area contributed by atoms with Gasteiger partial charge in [0.15, 0.2) is 0 Å². The lowest BCUT2D eigenvalue weighted by Gasteiger charge is -2.14. The molecule has 0 spiro atoms. The van der Waals surface area contributed by atoms with Crippen LogP contribution < -0.4 is 0 Å². The molecule has 15 heavy (non-hydrogen) atoms. The van der Waals surface area contributed by atoms with E-state index in [0.717, 1.165) is 24.9 Å². The molecule has 0 aromatic heterocycles. The fourth-order valence-corrected chi connectivity index (χ4v) is 2.42. The van der Waals surface area contributed by atoms with Gasteiger partial charge in [-0.25, -0.2) is 0 Å². The van der Waals surface area contributed by atoms with E-state index in [-0.39, 0.29) is 0 Å². The average Bonchev–Trinajstić information content (AvgIpc) is 2.20. The maximum Gasteiger partial charge on any atom is 0.0730 e. The van der Waals surface area contributed by atoms with E-state index in [1.165, 1.54) is 12.8 Å². The first-order valence-electron chi connectivity index (χ1n) is 6.04. The van der Waals surface area contributed by atoms with Crippen LogP contribution in [0.1, 0.15) is 39.5 Å². The third-order valence-corrected chi connectivity index (χ3v) is 4.40. The van der Waals surface area contributed by atoms with Crippen LogP contribution in [0.15, 0.2) is 0 Å². The van der Waals surface area contributed by atoms with Gasteiger partial charge >= 0.3 is 0 Å². The van der Waals surface area contributed by atoms with Crippen molar-refractivity contribution < 1.29 is 0 Å². The van der Waals surface area contributed by atoms with Crippen LogP contribution in [0.25, 0.3) is 0 Å². The van der Waals surface area contributed by atoms with E-state index >= 15 is 0 Å². The standard InChI is InChI=1S/C14H24Si/c1-5-7-9-11-13-15(3,4)14-12-10-8-6-2/h5-8,13-14H2,1-4H3. The Morgan fingerprint density at radius 3 is 1.47 bits per heavy atom. The van der Waals surface area contributed by atoms with Gasteiger partial charge in [0.25, 0.3) is 0 Å². The Hall–Kier alpha value is -0.663. The van der Waals surface area contributed by atoms with E-state index < -0.39 is 8.07 Å². The van der Waals surface area contributed by atoms with Crippen molar-refractivity contribution >= 4 is 8.07 Å².